The van der Waals surface area contributed by atoms with Crippen LogP contribution in [-0.2, 0) is 20.8 Å². The van der Waals surface area contributed by atoms with Gasteiger partial charge in [-0.2, -0.15) is 11.8 Å². The van der Waals surface area contributed by atoms with Crippen molar-refractivity contribution in [1.82, 2.24) is 10.6 Å². The third-order valence-electron chi connectivity index (χ3n) is 3.71. The average molecular weight is 336 g/mol. The van der Waals surface area contributed by atoms with Crippen LogP contribution in [0.3, 0.4) is 0 Å². The number of aliphatic carboxylic acids is 1. The predicted molar refractivity (Wildman–Crippen MR) is 88.2 cm³/mol. The van der Waals surface area contributed by atoms with E-state index in [4.69, 9.17) is 0 Å². The maximum absolute atomic E-state index is 12.2. The van der Waals surface area contributed by atoms with Crippen LogP contribution in [0.25, 0.3) is 0 Å². The number of carbonyl (C=O) groups excluding carboxylic acids is 2. The van der Waals surface area contributed by atoms with E-state index >= 15 is 0 Å². The van der Waals surface area contributed by atoms with E-state index in [0.717, 1.165) is 5.56 Å². The summed E-state index contributed by atoms with van der Waals surface area (Å²) in [7, 11) is 0. The van der Waals surface area contributed by atoms with Gasteiger partial charge in [0.15, 0.2) is 0 Å². The fraction of sp³-hybridized carbons (Fsp3) is 0.438. The van der Waals surface area contributed by atoms with Crippen molar-refractivity contribution in [3.63, 3.8) is 0 Å². The Kier molecular flexibility index (Phi) is 5.30. The lowest BCUT2D eigenvalue weighted by atomic mass is 10.0. The number of amides is 2. The maximum Gasteiger partial charge on any atom is 0.327 e. The first-order valence-electron chi connectivity index (χ1n) is 7.30. The number of carboxylic acid groups (broad SMARTS) is 1. The number of rotatable bonds is 4. The van der Waals surface area contributed by atoms with E-state index in [9.17, 15) is 19.5 Å². The van der Waals surface area contributed by atoms with Gasteiger partial charge in [0.2, 0.25) is 11.8 Å². The highest BCUT2D eigenvalue weighted by Crippen LogP contribution is 2.31. The number of thioether (sulfide) groups is 1. The van der Waals surface area contributed by atoms with Gasteiger partial charge in [-0.25, -0.2) is 4.79 Å². The summed E-state index contributed by atoms with van der Waals surface area (Å²) in [6.45, 7) is 3.54. The van der Waals surface area contributed by atoms with E-state index in [0.29, 0.717) is 5.75 Å². The fourth-order valence-corrected chi connectivity index (χ4v) is 3.52. The van der Waals surface area contributed by atoms with Crippen LogP contribution in [0.4, 0.5) is 0 Å². The molecule has 0 saturated carbocycles. The Bertz CT molecular complexity index is 603. The summed E-state index contributed by atoms with van der Waals surface area (Å²) in [5.41, 5.74) is 0.857. The normalized spacial score (nSPS) is 23.5. The molecular weight excluding hydrogens is 316 g/mol. The molecule has 1 fully saturated rings. The van der Waals surface area contributed by atoms with Gasteiger partial charge in [0.05, 0.1) is 6.42 Å². The molecule has 0 radical (unpaired) electrons. The zero-order chi connectivity index (χ0) is 17.0. The van der Waals surface area contributed by atoms with Crippen molar-refractivity contribution in [1.29, 1.82) is 0 Å². The second kappa shape index (κ2) is 7.04. The monoisotopic (exact) mass is 336 g/mol. The van der Waals surface area contributed by atoms with Crippen LogP contribution in [-0.4, -0.2) is 45.5 Å². The van der Waals surface area contributed by atoms with Crippen LogP contribution >= 0.6 is 11.8 Å². The lowest BCUT2D eigenvalue weighted by Gasteiger charge is -2.28. The minimum Gasteiger partial charge on any atom is -0.480 e. The zero-order valence-corrected chi connectivity index (χ0v) is 13.9. The molecule has 124 valence electrons. The lowest BCUT2D eigenvalue weighted by molar-refractivity contribution is -0.142. The number of nitrogens with one attached hydrogen (secondary N) is 2. The Morgan fingerprint density at radius 3 is 2.61 bits per heavy atom. The first kappa shape index (κ1) is 17.3. The molecule has 0 aliphatic carbocycles. The van der Waals surface area contributed by atoms with Crippen molar-refractivity contribution >= 4 is 29.5 Å². The Morgan fingerprint density at radius 1 is 1.35 bits per heavy atom. The van der Waals surface area contributed by atoms with Crippen molar-refractivity contribution < 1.29 is 19.5 Å². The van der Waals surface area contributed by atoms with Gasteiger partial charge in [-0.1, -0.05) is 30.3 Å². The SMILES string of the molecule is CC1(C)SC[C@H](NC(=O)Cc2ccccc2)C(=O)N[C@@H]1C(=O)O. The molecule has 1 saturated heterocycles. The molecule has 23 heavy (non-hydrogen) atoms. The van der Waals surface area contributed by atoms with Gasteiger partial charge in [-0.15, -0.1) is 0 Å². The average Bonchev–Trinajstić information content (AvgIpc) is 2.59. The van der Waals surface area contributed by atoms with Crippen LogP contribution in [0.5, 0.6) is 0 Å². The van der Waals surface area contributed by atoms with Crippen molar-refractivity contribution in [3.05, 3.63) is 35.9 Å². The fourth-order valence-electron chi connectivity index (χ4n) is 2.37. The molecular formula is C16H20N2O4S. The molecule has 1 aliphatic rings. The van der Waals surface area contributed by atoms with Crippen LogP contribution in [0.1, 0.15) is 19.4 Å². The van der Waals surface area contributed by atoms with Gasteiger partial charge in [-0.05, 0) is 19.4 Å². The van der Waals surface area contributed by atoms with E-state index in [1.807, 2.05) is 30.3 Å². The number of hydrogen-bond donors (Lipinski definition) is 3. The highest BCUT2D eigenvalue weighted by Gasteiger charge is 2.42. The highest BCUT2D eigenvalue weighted by molar-refractivity contribution is 8.00. The molecule has 1 heterocycles. The number of carbonyl (C=O) groups is 3. The maximum atomic E-state index is 12.2. The molecule has 0 unspecified atom stereocenters. The summed E-state index contributed by atoms with van der Waals surface area (Å²) in [5, 5.41) is 14.5. The minimum atomic E-state index is -1.08. The first-order valence-corrected chi connectivity index (χ1v) is 8.28. The molecule has 1 aliphatic heterocycles. The summed E-state index contributed by atoms with van der Waals surface area (Å²) >= 11 is 1.36. The van der Waals surface area contributed by atoms with Crippen molar-refractivity contribution in [2.24, 2.45) is 0 Å². The van der Waals surface area contributed by atoms with E-state index in [-0.39, 0.29) is 12.3 Å². The Hall–Kier alpha value is -2.02. The van der Waals surface area contributed by atoms with Gasteiger partial charge in [0.25, 0.3) is 0 Å². The van der Waals surface area contributed by atoms with Gasteiger partial charge in [0, 0.05) is 10.5 Å². The Morgan fingerprint density at radius 2 is 2.00 bits per heavy atom. The quantitative estimate of drug-likeness (QED) is 0.756. The molecule has 6 nitrogen and oxygen atoms in total. The standard InChI is InChI=1S/C16H20N2O4S/c1-16(2)13(15(21)22)18-14(20)11(9-23-16)17-12(19)8-10-6-4-3-5-7-10/h3-7,11,13H,8-9H2,1-2H3,(H,17,19)(H,18,20)(H,21,22)/t11-,13+/m0/s1. The molecule has 2 amide bonds. The molecule has 1 aromatic rings. The summed E-state index contributed by atoms with van der Waals surface area (Å²) in [6, 6.07) is 7.50. The van der Waals surface area contributed by atoms with Crippen molar-refractivity contribution in [3.8, 4) is 0 Å². The highest BCUT2D eigenvalue weighted by atomic mass is 32.2. The predicted octanol–water partition coefficient (Wildman–Crippen LogP) is 0.809. The molecule has 7 heteroatoms. The number of hydrogen-bond acceptors (Lipinski definition) is 4. The van der Waals surface area contributed by atoms with E-state index < -0.39 is 28.7 Å². The second-order valence-electron chi connectivity index (χ2n) is 5.98. The van der Waals surface area contributed by atoms with Crippen LogP contribution in [0.2, 0.25) is 0 Å². The van der Waals surface area contributed by atoms with E-state index in [2.05, 4.69) is 10.6 Å². The van der Waals surface area contributed by atoms with Gasteiger partial charge >= 0.3 is 5.97 Å². The molecule has 0 spiro atoms. The molecule has 2 rings (SSSR count). The second-order valence-corrected chi connectivity index (χ2v) is 7.65. The van der Waals surface area contributed by atoms with Gasteiger partial charge in [0.1, 0.15) is 12.1 Å². The summed E-state index contributed by atoms with van der Waals surface area (Å²) in [6.07, 6.45) is 0.182. The van der Waals surface area contributed by atoms with Crippen molar-refractivity contribution in [2.45, 2.75) is 37.1 Å². The first-order chi connectivity index (χ1) is 10.8. The molecule has 3 N–H and O–H groups in total. The third-order valence-corrected chi connectivity index (χ3v) is 5.19. The Balaban J connectivity index is 2.02. The number of carboxylic acids is 1. The summed E-state index contributed by atoms with van der Waals surface area (Å²) in [5.74, 6) is -1.46. The third kappa shape index (κ3) is 4.48. The number of benzene rings is 1. The van der Waals surface area contributed by atoms with Crippen LogP contribution in [0, 0.1) is 0 Å². The van der Waals surface area contributed by atoms with Crippen LogP contribution in [0.15, 0.2) is 30.3 Å². The van der Waals surface area contributed by atoms with E-state index in [1.165, 1.54) is 11.8 Å². The zero-order valence-electron chi connectivity index (χ0n) is 13.0. The molecule has 0 aromatic heterocycles. The van der Waals surface area contributed by atoms with Gasteiger partial charge < -0.3 is 15.7 Å². The van der Waals surface area contributed by atoms with Gasteiger partial charge in [-0.3, -0.25) is 9.59 Å². The smallest absolute Gasteiger partial charge is 0.327 e. The summed E-state index contributed by atoms with van der Waals surface area (Å²) in [4.78, 5) is 35.6. The lowest BCUT2D eigenvalue weighted by Crippen LogP contribution is -2.54. The minimum absolute atomic E-state index is 0.182. The summed E-state index contributed by atoms with van der Waals surface area (Å²) < 4.78 is -0.652. The largest absolute Gasteiger partial charge is 0.480 e. The molecule has 1 aromatic carbocycles. The Labute approximate surface area is 139 Å². The topological polar surface area (TPSA) is 95.5 Å². The van der Waals surface area contributed by atoms with E-state index in [1.54, 1.807) is 13.8 Å². The molecule has 2 atom stereocenters. The van der Waals surface area contributed by atoms with Crippen molar-refractivity contribution in [2.75, 3.05) is 5.75 Å². The van der Waals surface area contributed by atoms with Crippen LogP contribution < -0.4 is 10.6 Å². The molecule has 0 bridgehead atoms.